The van der Waals surface area contributed by atoms with Crippen molar-refractivity contribution in [2.75, 3.05) is 26.8 Å². The Labute approximate surface area is 243 Å². The standard InChI is InChI=1S/C32H44N4O5/c1-21(2)29-32(39)35-27(19-22-13-14-22)30(37)34-15-7-10-24-9-4-5-12-28(24)41-17-16-33-26(31(38)36-29)20-23-8-6-11-25(18-23)40-3/h4-6,8-9,11-12,18,21-22,26-27,29,33H,7,10,13-17,19-20H2,1-3H3,(H,34,37)(H,35,39)(H,36,38)/t26-,27+,29-/m1/s1. The molecule has 2 aromatic rings. The molecule has 2 aromatic carbocycles. The summed E-state index contributed by atoms with van der Waals surface area (Å²) in [5.41, 5.74) is 1.99. The maximum Gasteiger partial charge on any atom is 0.243 e. The average Bonchev–Trinajstić information content (AvgIpc) is 3.79. The number of benzene rings is 2. The van der Waals surface area contributed by atoms with Crippen LogP contribution >= 0.6 is 0 Å². The van der Waals surface area contributed by atoms with Gasteiger partial charge in [0, 0.05) is 13.1 Å². The van der Waals surface area contributed by atoms with Crippen LogP contribution in [0.1, 0.15) is 50.7 Å². The first-order valence-corrected chi connectivity index (χ1v) is 14.8. The van der Waals surface area contributed by atoms with Crippen molar-refractivity contribution in [3.63, 3.8) is 0 Å². The third-order valence-corrected chi connectivity index (χ3v) is 7.68. The Balaban J connectivity index is 1.56. The van der Waals surface area contributed by atoms with E-state index >= 15 is 0 Å². The van der Waals surface area contributed by atoms with E-state index in [2.05, 4.69) is 21.3 Å². The molecule has 4 N–H and O–H groups in total. The molecule has 0 spiro atoms. The fourth-order valence-electron chi connectivity index (χ4n) is 5.12. The van der Waals surface area contributed by atoms with Crippen LogP contribution in [0.25, 0.3) is 0 Å². The molecule has 0 saturated heterocycles. The molecule has 9 nitrogen and oxygen atoms in total. The van der Waals surface area contributed by atoms with Crippen molar-refractivity contribution in [2.24, 2.45) is 11.8 Å². The van der Waals surface area contributed by atoms with Crippen LogP contribution in [0.15, 0.2) is 48.5 Å². The molecule has 3 amide bonds. The summed E-state index contributed by atoms with van der Waals surface area (Å²) >= 11 is 0. The second-order valence-electron chi connectivity index (χ2n) is 11.4. The van der Waals surface area contributed by atoms with Gasteiger partial charge < -0.3 is 30.7 Å². The molecule has 1 heterocycles. The molecule has 4 rings (SSSR count). The van der Waals surface area contributed by atoms with Crippen molar-refractivity contribution in [1.82, 2.24) is 21.3 Å². The Morgan fingerprint density at radius 3 is 2.49 bits per heavy atom. The summed E-state index contributed by atoms with van der Waals surface area (Å²) < 4.78 is 11.5. The first-order chi connectivity index (χ1) is 19.8. The number of methoxy groups -OCH3 is 1. The summed E-state index contributed by atoms with van der Waals surface area (Å²) in [5.74, 6) is 0.973. The van der Waals surface area contributed by atoms with Crippen LogP contribution in [0.2, 0.25) is 0 Å². The van der Waals surface area contributed by atoms with Crippen molar-refractivity contribution in [3.05, 3.63) is 59.7 Å². The van der Waals surface area contributed by atoms with Gasteiger partial charge in [0.05, 0.1) is 13.2 Å². The van der Waals surface area contributed by atoms with Crippen LogP contribution in [0, 0.1) is 11.8 Å². The van der Waals surface area contributed by atoms with Gasteiger partial charge in [-0.3, -0.25) is 14.4 Å². The maximum atomic E-state index is 13.7. The van der Waals surface area contributed by atoms with Gasteiger partial charge in [-0.05, 0) is 66.8 Å². The van der Waals surface area contributed by atoms with Crippen molar-refractivity contribution in [1.29, 1.82) is 0 Å². The van der Waals surface area contributed by atoms with E-state index < -0.39 is 18.1 Å². The zero-order valence-electron chi connectivity index (χ0n) is 24.4. The lowest BCUT2D eigenvalue weighted by molar-refractivity contribution is -0.133. The zero-order chi connectivity index (χ0) is 29.2. The summed E-state index contributed by atoms with van der Waals surface area (Å²) in [4.78, 5) is 40.3. The van der Waals surface area contributed by atoms with Crippen molar-refractivity contribution in [2.45, 2.75) is 70.5 Å². The van der Waals surface area contributed by atoms with E-state index in [0.717, 1.165) is 42.6 Å². The number of amides is 3. The van der Waals surface area contributed by atoms with E-state index in [0.29, 0.717) is 44.2 Å². The quantitative estimate of drug-likeness (QED) is 0.429. The number of para-hydroxylation sites is 1. The molecular weight excluding hydrogens is 520 g/mol. The lowest BCUT2D eigenvalue weighted by atomic mass is 10.00. The molecule has 222 valence electrons. The molecule has 1 aliphatic carbocycles. The highest BCUT2D eigenvalue weighted by atomic mass is 16.5. The lowest BCUT2D eigenvalue weighted by Crippen LogP contribution is -2.58. The molecule has 0 aromatic heterocycles. The minimum absolute atomic E-state index is 0.175. The normalized spacial score (nSPS) is 23.2. The average molecular weight is 565 g/mol. The van der Waals surface area contributed by atoms with Crippen LogP contribution in [-0.2, 0) is 27.2 Å². The molecule has 1 fully saturated rings. The van der Waals surface area contributed by atoms with Gasteiger partial charge in [-0.15, -0.1) is 0 Å². The molecule has 0 radical (unpaired) electrons. The maximum absolute atomic E-state index is 13.7. The highest BCUT2D eigenvalue weighted by molar-refractivity contribution is 5.93. The van der Waals surface area contributed by atoms with Crippen molar-refractivity contribution in [3.8, 4) is 11.5 Å². The number of rotatable bonds is 6. The van der Waals surface area contributed by atoms with E-state index in [1.54, 1.807) is 7.11 Å². The van der Waals surface area contributed by atoms with Crippen molar-refractivity contribution < 1.29 is 23.9 Å². The second kappa shape index (κ2) is 14.9. The first kappa shape index (κ1) is 30.4. The van der Waals surface area contributed by atoms with Crippen LogP contribution in [-0.4, -0.2) is 62.7 Å². The highest BCUT2D eigenvalue weighted by Crippen LogP contribution is 2.33. The Kier molecular flexibility index (Phi) is 11.0. The van der Waals surface area contributed by atoms with Gasteiger partial charge in [0.1, 0.15) is 30.2 Å². The minimum atomic E-state index is -0.784. The fraction of sp³-hybridized carbons (Fsp3) is 0.531. The number of hydrogen-bond donors (Lipinski definition) is 4. The Morgan fingerprint density at radius 2 is 1.73 bits per heavy atom. The number of aryl methyl sites for hydroxylation is 1. The van der Waals surface area contributed by atoms with Gasteiger partial charge in [-0.2, -0.15) is 0 Å². The summed E-state index contributed by atoms with van der Waals surface area (Å²) in [6, 6.07) is 13.5. The summed E-state index contributed by atoms with van der Waals surface area (Å²) in [7, 11) is 1.61. The number of nitrogens with one attached hydrogen (secondary N) is 4. The van der Waals surface area contributed by atoms with E-state index in [1.165, 1.54) is 0 Å². The third-order valence-electron chi connectivity index (χ3n) is 7.68. The molecule has 1 aliphatic heterocycles. The topological polar surface area (TPSA) is 118 Å². The minimum Gasteiger partial charge on any atom is -0.497 e. The fourth-order valence-corrected chi connectivity index (χ4v) is 5.12. The Hall–Kier alpha value is -3.59. The van der Waals surface area contributed by atoms with Crippen LogP contribution in [0.5, 0.6) is 11.5 Å². The molecule has 41 heavy (non-hydrogen) atoms. The van der Waals surface area contributed by atoms with Gasteiger partial charge in [-0.25, -0.2) is 0 Å². The van der Waals surface area contributed by atoms with Crippen LogP contribution in [0.3, 0.4) is 0 Å². The third kappa shape index (κ3) is 9.21. The molecular formula is C32H44N4O5. The van der Waals surface area contributed by atoms with Crippen LogP contribution < -0.4 is 30.7 Å². The number of carbonyl (C=O) groups excluding carboxylic acids is 3. The molecule has 1 saturated carbocycles. The van der Waals surface area contributed by atoms with Gasteiger partial charge in [0.15, 0.2) is 0 Å². The number of hydrogen-bond acceptors (Lipinski definition) is 6. The second-order valence-corrected chi connectivity index (χ2v) is 11.4. The monoisotopic (exact) mass is 564 g/mol. The SMILES string of the molecule is COc1cccc(C[C@H]2NCCOc3ccccc3CCCNC(=O)[C@H](CC3CC3)NC(=O)[C@@H](C(C)C)NC2=O)c1. The van der Waals surface area contributed by atoms with E-state index in [4.69, 9.17) is 9.47 Å². The zero-order valence-corrected chi connectivity index (χ0v) is 24.4. The Morgan fingerprint density at radius 1 is 0.927 bits per heavy atom. The van der Waals surface area contributed by atoms with E-state index in [-0.39, 0.29) is 23.6 Å². The largest absolute Gasteiger partial charge is 0.497 e. The van der Waals surface area contributed by atoms with E-state index in [9.17, 15) is 14.4 Å². The van der Waals surface area contributed by atoms with Gasteiger partial charge in [0.25, 0.3) is 0 Å². The molecule has 9 heteroatoms. The van der Waals surface area contributed by atoms with Gasteiger partial charge in [0.2, 0.25) is 17.7 Å². The lowest BCUT2D eigenvalue weighted by Gasteiger charge is -2.27. The molecule has 2 aliphatic rings. The van der Waals surface area contributed by atoms with Gasteiger partial charge in [-0.1, -0.05) is 57.0 Å². The molecule has 3 atom stereocenters. The first-order valence-electron chi connectivity index (χ1n) is 14.8. The van der Waals surface area contributed by atoms with E-state index in [1.807, 2.05) is 62.4 Å². The van der Waals surface area contributed by atoms with Crippen LogP contribution in [0.4, 0.5) is 0 Å². The summed E-state index contributed by atoms with van der Waals surface area (Å²) in [6.45, 7) is 5.09. The predicted molar refractivity (Wildman–Crippen MR) is 158 cm³/mol. The smallest absolute Gasteiger partial charge is 0.243 e. The highest BCUT2D eigenvalue weighted by Gasteiger charge is 2.34. The number of ether oxygens (including phenoxy) is 2. The van der Waals surface area contributed by atoms with Gasteiger partial charge >= 0.3 is 0 Å². The van der Waals surface area contributed by atoms with Crippen molar-refractivity contribution >= 4 is 17.7 Å². The number of carbonyl (C=O) groups is 3. The number of fused-ring (bicyclic) bond motifs is 1. The summed E-state index contributed by atoms with van der Waals surface area (Å²) in [5, 5.41) is 12.3. The molecule has 0 bridgehead atoms. The molecule has 0 unspecified atom stereocenters. The Bertz CT molecular complexity index is 1180. The summed E-state index contributed by atoms with van der Waals surface area (Å²) in [6.07, 6.45) is 4.64. The predicted octanol–water partition coefficient (Wildman–Crippen LogP) is 2.76.